The van der Waals surface area contributed by atoms with Crippen LogP contribution in [0.2, 0.25) is 0 Å². The highest BCUT2D eigenvalue weighted by atomic mass is 16.2. The van der Waals surface area contributed by atoms with Gasteiger partial charge in [0, 0.05) is 45.1 Å². The Morgan fingerprint density at radius 2 is 1.95 bits per heavy atom. The summed E-state index contributed by atoms with van der Waals surface area (Å²) < 4.78 is 0. The van der Waals surface area contributed by atoms with Crippen molar-refractivity contribution in [1.29, 1.82) is 0 Å². The largest absolute Gasteiger partial charge is 0.346 e. The highest BCUT2D eigenvalue weighted by Gasteiger charge is 2.30. The van der Waals surface area contributed by atoms with Crippen molar-refractivity contribution < 1.29 is 9.59 Å². The summed E-state index contributed by atoms with van der Waals surface area (Å²) >= 11 is 0. The highest BCUT2D eigenvalue weighted by Crippen LogP contribution is 2.20. The van der Waals surface area contributed by atoms with Crippen LogP contribution in [-0.2, 0) is 9.59 Å². The van der Waals surface area contributed by atoms with E-state index in [1.165, 1.54) is 0 Å². The van der Waals surface area contributed by atoms with Crippen LogP contribution in [0.15, 0.2) is 0 Å². The highest BCUT2D eigenvalue weighted by molar-refractivity contribution is 5.81. The molecule has 5 heteroatoms. The Bertz CT molecular complexity index is 338. The molecular weight excluding hydrogens is 266 g/mol. The van der Waals surface area contributed by atoms with Gasteiger partial charge >= 0.3 is 0 Å². The predicted molar refractivity (Wildman–Crippen MR) is 84.9 cm³/mol. The maximum atomic E-state index is 12.3. The number of likely N-dealkylation sites (tertiary alicyclic amines) is 1. The summed E-state index contributed by atoms with van der Waals surface area (Å²) in [5.41, 5.74) is 0. The van der Waals surface area contributed by atoms with Crippen LogP contribution in [-0.4, -0.2) is 61.9 Å². The number of carbonyl (C=O) groups excluding carboxylic acids is 2. The Kier molecular flexibility index (Phi) is 7.72. The van der Waals surface area contributed by atoms with Crippen LogP contribution in [0, 0.1) is 11.8 Å². The SMILES string of the molecule is CCCCN(C)C(=O)C1CCN(C(=O)C(C)CNC)CC1. The number of amides is 2. The molecule has 1 aliphatic rings. The third kappa shape index (κ3) is 5.30. The predicted octanol–water partition coefficient (Wildman–Crippen LogP) is 1.34. The van der Waals surface area contributed by atoms with Gasteiger partial charge in [0.1, 0.15) is 0 Å². The van der Waals surface area contributed by atoms with Gasteiger partial charge in [-0.15, -0.1) is 0 Å². The van der Waals surface area contributed by atoms with Crippen LogP contribution in [0.25, 0.3) is 0 Å². The molecule has 0 aromatic carbocycles. The molecule has 0 radical (unpaired) electrons. The lowest BCUT2D eigenvalue weighted by Crippen LogP contribution is -2.46. The van der Waals surface area contributed by atoms with Crippen molar-refractivity contribution >= 4 is 11.8 Å². The fraction of sp³-hybridized carbons (Fsp3) is 0.875. The molecule has 1 N–H and O–H groups in total. The molecule has 0 saturated carbocycles. The summed E-state index contributed by atoms with van der Waals surface area (Å²) in [5, 5.41) is 3.04. The lowest BCUT2D eigenvalue weighted by atomic mass is 9.94. The van der Waals surface area contributed by atoms with Crippen molar-refractivity contribution in [2.75, 3.05) is 40.3 Å². The molecular formula is C16H31N3O2. The quantitative estimate of drug-likeness (QED) is 0.771. The van der Waals surface area contributed by atoms with Crippen LogP contribution in [0.1, 0.15) is 39.5 Å². The summed E-state index contributed by atoms with van der Waals surface area (Å²) in [4.78, 5) is 28.3. The van der Waals surface area contributed by atoms with E-state index in [-0.39, 0.29) is 23.7 Å². The van der Waals surface area contributed by atoms with Crippen molar-refractivity contribution in [3.8, 4) is 0 Å². The van der Waals surface area contributed by atoms with Crippen LogP contribution >= 0.6 is 0 Å². The molecule has 0 aromatic rings. The number of nitrogens with zero attached hydrogens (tertiary/aromatic N) is 2. The van der Waals surface area contributed by atoms with Gasteiger partial charge in [0.25, 0.3) is 0 Å². The molecule has 1 saturated heterocycles. The molecule has 1 rings (SSSR count). The van der Waals surface area contributed by atoms with Gasteiger partial charge in [-0.2, -0.15) is 0 Å². The molecule has 0 aliphatic carbocycles. The Balaban J connectivity index is 2.41. The number of nitrogens with one attached hydrogen (secondary N) is 1. The van der Waals surface area contributed by atoms with E-state index in [4.69, 9.17) is 0 Å². The third-order valence-corrected chi connectivity index (χ3v) is 4.31. The summed E-state index contributed by atoms with van der Waals surface area (Å²) in [6.45, 7) is 7.06. The van der Waals surface area contributed by atoms with Gasteiger partial charge in [-0.3, -0.25) is 9.59 Å². The molecule has 0 spiro atoms. The number of carbonyl (C=O) groups is 2. The Hall–Kier alpha value is -1.10. The average Bonchev–Trinajstić information content (AvgIpc) is 2.51. The fourth-order valence-electron chi connectivity index (χ4n) is 2.87. The maximum Gasteiger partial charge on any atom is 0.226 e. The average molecular weight is 297 g/mol. The van der Waals surface area contributed by atoms with E-state index < -0.39 is 0 Å². The van der Waals surface area contributed by atoms with E-state index in [0.717, 1.165) is 32.2 Å². The Morgan fingerprint density at radius 3 is 2.48 bits per heavy atom. The lowest BCUT2D eigenvalue weighted by Gasteiger charge is -2.34. The normalized spacial score (nSPS) is 17.6. The molecule has 5 nitrogen and oxygen atoms in total. The molecule has 1 fully saturated rings. The van der Waals surface area contributed by atoms with Crippen molar-refractivity contribution in [3.05, 3.63) is 0 Å². The Morgan fingerprint density at radius 1 is 1.33 bits per heavy atom. The second-order valence-corrected chi connectivity index (χ2v) is 6.17. The summed E-state index contributed by atoms with van der Waals surface area (Å²) in [7, 11) is 3.76. The monoisotopic (exact) mass is 297 g/mol. The zero-order valence-electron chi connectivity index (χ0n) is 14.0. The van der Waals surface area contributed by atoms with E-state index in [2.05, 4.69) is 12.2 Å². The van der Waals surface area contributed by atoms with Crippen LogP contribution in [0.4, 0.5) is 0 Å². The molecule has 1 unspecified atom stereocenters. The second kappa shape index (κ2) is 9.03. The molecule has 0 aromatic heterocycles. The smallest absolute Gasteiger partial charge is 0.226 e. The number of piperidine rings is 1. The first-order valence-electron chi connectivity index (χ1n) is 8.19. The minimum absolute atomic E-state index is 0.00878. The summed E-state index contributed by atoms with van der Waals surface area (Å²) in [6, 6.07) is 0. The maximum absolute atomic E-state index is 12.3. The standard InChI is InChI=1S/C16H31N3O2/c1-5-6-9-18(4)16(21)14-7-10-19(11-8-14)15(20)13(2)12-17-3/h13-14,17H,5-12H2,1-4H3. The Labute approximate surface area is 129 Å². The molecule has 122 valence electrons. The fourth-order valence-corrected chi connectivity index (χ4v) is 2.87. The first-order valence-corrected chi connectivity index (χ1v) is 8.19. The number of hydrogen-bond donors (Lipinski definition) is 1. The zero-order chi connectivity index (χ0) is 15.8. The topological polar surface area (TPSA) is 52.7 Å². The molecule has 1 heterocycles. The van der Waals surface area contributed by atoms with Gasteiger partial charge in [-0.25, -0.2) is 0 Å². The van der Waals surface area contributed by atoms with E-state index in [1.54, 1.807) is 0 Å². The van der Waals surface area contributed by atoms with Gasteiger partial charge in [0.2, 0.25) is 11.8 Å². The number of rotatable bonds is 7. The van der Waals surface area contributed by atoms with Crippen molar-refractivity contribution in [1.82, 2.24) is 15.1 Å². The van der Waals surface area contributed by atoms with E-state index in [1.807, 2.05) is 30.8 Å². The summed E-state index contributed by atoms with van der Waals surface area (Å²) in [6.07, 6.45) is 3.76. The van der Waals surface area contributed by atoms with Gasteiger partial charge in [0.15, 0.2) is 0 Å². The summed E-state index contributed by atoms with van der Waals surface area (Å²) in [5.74, 6) is 0.554. The van der Waals surface area contributed by atoms with E-state index in [0.29, 0.717) is 19.6 Å². The first kappa shape index (κ1) is 18.0. The van der Waals surface area contributed by atoms with E-state index >= 15 is 0 Å². The number of unbranched alkanes of at least 4 members (excludes halogenated alkanes) is 1. The molecule has 1 atom stereocenters. The van der Waals surface area contributed by atoms with Crippen LogP contribution < -0.4 is 5.32 Å². The van der Waals surface area contributed by atoms with Gasteiger partial charge in [0.05, 0.1) is 0 Å². The first-order chi connectivity index (χ1) is 10.0. The van der Waals surface area contributed by atoms with Gasteiger partial charge in [-0.05, 0) is 26.3 Å². The van der Waals surface area contributed by atoms with Crippen molar-refractivity contribution in [2.24, 2.45) is 11.8 Å². The second-order valence-electron chi connectivity index (χ2n) is 6.17. The van der Waals surface area contributed by atoms with Crippen LogP contribution in [0.3, 0.4) is 0 Å². The van der Waals surface area contributed by atoms with Crippen molar-refractivity contribution in [3.63, 3.8) is 0 Å². The minimum atomic E-state index is 0.00878. The molecule has 0 bridgehead atoms. The zero-order valence-corrected chi connectivity index (χ0v) is 14.0. The number of hydrogen-bond acceptors (Lipinski definition) is 3. The third-order valence-electron chi connectivity index (χ3n) is 4.31. The molecule has 21 heavy (non-hydrogen) atoms. The lowest BCUT2D eigenvalue weighted by molar-refractivity contribution is -0.141. The van der Waals surface area contributed by atoms with E-state index in [9.17, 15) is 9.59 Å². The minimum Gasteiger partial charge on any atom is -0.346 e. The van der Waals surface area contributed by atoms with Crippen LogP contribution in [0.5, 0.6) is 0 Å². The molecule has 2 amide bonds. The van der Waals surface area contributed by atoms with Gasteiger partial charge in [-0.1, -0.05) is 20.3 Å². The molecule has 1 aliphatic heterocycles. The van der Waals surface area contributed by atoms with Crippen molar-refractivity contribution in [2.45, 2.75) is 39.5 Å². The van der Waals surface area contributed by atoms with Gasteiger partial charge < -0.3 is 15.1 Å².